The maximum atomic E-state index is 12.2. The minimum absolute atomic E-state index is 0.0156. The summed E-state index contributed by atoms with van der Waals surface area (Å²) in [6.07, 6.45) is 4.27. The van der Waals surface area contributed by atoms with Crippen LogP contribution in [0.1, 0.15) is 44.2 Å². The van der Waals surface area contributed by atoms with Gasteiger partial charge in [-0.1, -0.05) is 13.8 Å². The van der Waals surface area contributed by atoms with Gasteiger partial charge in [0.25, 0.3) is 0 Å². The van der Waals surface area contributed by atoms with E-state index in [1.54, 1.807) is 6.20 Å². The number of rotatable bonds is 6. The molecule has 21 heavy (non-hydrogen) atoms. The predicted octanol–water partition coefficient (Wildman–Crippen LogP) is 1.97. The molecule has 3 N–H and O–H groups in total. The van der Waals surface area contributed by atoms with Crippen molar-refractivity contribution in [2.45, 2.75) is 39.2 Å². The minimum Gasteiger partial charge on any atom is -0.375 e. The molecule has 0 aliphatic carbocycles. The van der Waals surface area contributed by atoms with Crippen molar-refractivity contribution < 1.29 is 4.79 Å². The Bertz CT molecular complexity index is 604. The Hall–Kier alpha value is -1.89. The maximum Gasteiger partial charge on any atom is 0.242 e. The highest BCUT2D eigenvalue weighted by Gasteiger charge is 2.18. The van der Waals surface area contributed by atoms with Gasteiger partial charge in [-0.2, -0.15) is 0 Å². The van der Waals surface area contributed by atoms with E-state index >= 15 is 0 Å². The molecule has 0 aliphatic heterocycles. The van der Waals surface area contributed by atoms with Crippen LogP contribution in [-0.4, -0.2) is 27.0 Å². The van der Waals surface area contributed by atoms with Crippen LogP contribution in [0, 0.1) is 0 Å². The van der Waals surface area contributed by atoms with E-state index in [2.05, 4.69) is 29.1 Å². The summed E-state index contributed by atoms with van der Waals surface area (Å²) in [6.45, 7) is 6.56. The van der Waals surface area contributed by atoms with Crippen molar-refractivity contribution in [1.82, 2.24) is 19.9 Å². The molecule has 1 atom stereocenters. The van der Waals surface area contributed by atoms with Crippen molar-refractivity contribution in [2.24, 2.45) is 0 Å². The molecule has 0 bridgehead atoms. The zero-order valence-electron chi connectivity index (χ0n) is 12.5. The Morgan fingerprint density at radius 1 is 1.48 bits per heavy atom. The molecule has 0 saturated heterocycles. The highest BCUT2D eigenvalue weighted by Crippen LogP contribution is 2.17. The standard InChI is InChI=1S/C14H21N5OS/c1-9(2)12-16-6-7-19(12)10(3)13(20)17-5-4-11-8-21-14(15)18-11/h6-10H,4-5H2,1-3H3,(H2,15,18)(H,17,20)/t10-/m1/s1. The SMILES string of the molecule is CC(C)c1nccn1[C@H](C)C(=O)NCCc1csc(N)n1. The fourth-order valence-electron chi connectivity index (χ4n) is 2.12. The van der Waals surface area contributed by atoms with Crippen LogP contribution < -0.4 is 11.1 Å². The molecule has 1 amide bonds. The number of hydrogen-bond donors (Lipinski definition) is 2. The van der Waals surface area contributed by atoms with E-state index in [-0.39, 0.29) is 17.9 Å². The van der Waals surface area contributed by atoms with Gasteiger partial charge >= 0.3 is 0 Å². The number of amides is 1. The molecule has 2 rings (SSSR count). The van der Waals surface area contributed by atoms with E-state index in [1.165, 1.54) is 11.3 Å². The lowest BCUT2D eigenvalue weighted by Gasteiger charge is -2.17. The Balaban J connectivity index is 1.89. The molecule has 0 aliphatic rings. The van der Waals surface area contributed by atoms with Crippen LogP contribution in [-0.2, 0) is 11.2 Å². The fourth-order valence-corrected chi connectivity index (χ4v) is 2.72. The van der Waals surface area contributed by atoms with Gasteiger partial charge in [-0.05, 0) is 6.92 Å². The van der Waals surface area contributed by atoms with Crippen LogP contribution in [0.2, 0.25) is 0 Å². The molecule has 0 spiro atoms. The average Bonchev–Trinajstić information content (AvgIpc) is 3.06. The number of anilines is 1. The van der Waals surface area contributed by atoms with Gasteiger partial charge < -0.3 is 15.6 Å². The number of carbonyl (C=O) groups is 1. The summed E-state index contributed by atoms with van der Waals surface area (Å²) in [5.74, 6) is 1.19. The molecule has 0 saturated carbocycles. The van der Waals surface area contributed by atoms with Crippen molar-refractivity contribution in [3.8, 4) is 0 Å². The number of aromatic nitrogens is 3. The third-order valence-electron chi connectivity index (χ3n) is 3.26. The summed E-state index contributed by atoms with van der Waals surface area (Å²) >= 11 is 1.41. The summed E-state index contributed by atoms with van der Waals surface area (Å²) in [6, 6.07) is -0.273. The van der Waals surface area contributed by atoms with Gasteiger partial charge in [-0.15, -0.1) is 11.3 Å². The van der Waals surface area contributed by atoms with Gasteiger partial charge in [-0.3, -0.25) is 4.79 Å². The van der Waals surface area contributed by atoms with Crippen LogP contribution >= 0.6 is 11.3 Å². The van der Waals surface area contributed by atoms with Crippen LogP contribution in [0.25, 0.3) is 0 Å². The monoisotopic (exact) mass is 307 g/mol. The number of imidazole rings is 1. The molecular formula is C14H21N5OS. The molecule has 0 fully saturated rings. The number of thiazole rings is 1. The summed E-state index contributed by atoms with van der Waals surface area (Å²) < 4.78 is 1.92. The molecule has 114 valence electrons. The Labute approximate surface area is 128 Å². The second kappa shape index (κ2) is 6.71. The van der Waals surface area contributed by atoms with E-state index in [1.807, 2.05) is 23.1 Å². The quantitative estimate of drug-likeness (QED) is 0.854. The molecule has 2 aromatic rings. The first-order valence-corrected chi connectivity index (χ1v) is 7.87. The van der Waals surface area contributed by atoms with Gasteiger partial charge in [0.05, 0.1) is 5.69 Å². The molecule has 0 radical (unpaired) electrons. The summed E-state index contributed by atoms with van der Waals surface area (Å²) in [7, 11) is 0. The first kappa shape index (κ1) is 15.5. The van der Waals surface area contributed by atoms with E-state index in [9.17, 15) is 4.79 Å². The van der Waals surface area contributed by atoms with Crippen molar-refractivity contribution >= 4 is 22.4 Å². The van der Waals surface area contributed by atoms with Crippen LogP contribution in [0.3, 0.4) is 0 Å². The maximum absolute atomic E-state index is 12.2. The zero-order valence-corrected chi connectivity index (χ0v) is 13.4. The van der Waals surface area contributed by atoms with Crippen molar-refractivity contribution in [2.75, 3.05) is 12.3 Å². The first-order chi connectivity index (χ1) is 9.99. The molecule has 2 aromatic heterocycles. The molecule has 7 heteroatoms. The fraction of sp³-hybridized carbons (Fsp3) is 0.500. The van der Waals surface area contributed by atoms with Crippen LogP contribution in [0.4, 0.5) is 5.13 Å². The van der Waals surface area contributed by atoms with Gasteiger partial charge in [0, 0.05) is 36.7 Å². The van der Waals surface area contributed by atoms with Crippen molar-refractivity contribution in [3.05, 3.63) is 29.3 Å². The lowest BCUT2D eigenvalue weighted by Crippen LogP contribution is -2.33. The second-order valence-electron chi connectivity index (χ2n) is 5.24. The smallest absolute Gasteiger partial charge is 0.242 e. The molecular weight excluding hydrogens is 286 g/mol. The van der Waals surface area contributed by atoms with E-state index < -0.39 is 0 Å². The number of carbonyl (C=O) groups excluding carboxylic acids is 1. The number of nitrogens with one attached hydrogen (secondary N) is 1. The topological polar surface area (TPSA) is 85.8 Å². The lowest BCUT2D eigenvalue weighted by atomic mass is 10.2. The third kappa shape index (κ3) is 3.81. The molecule has 0 unspecified atom stereocenters. The number of nitrogens with zero attached hydrogens (tertiary/aromatic N) is 3. The molecule has 6 nitrogen and oxygen atoms in total. The highest BCUT2D eigenvalue weighted by atomic mass is 32.1. The van der Waals surface area contributed by atoms with Gasteiger partial charge in [-0.25, -0.2) is 9.97 Å². The van der Waals surface area contributed by atoms with Gasteiger partial charge in [0.1, 0.15) is 11.9 Å². The average molecular weight is 307 g/mol. The van der Waals surface area contributed by atoms with E-state index in [0.29, 0.717) is 18.1 Å². The lowest BCUT2D eigenvalue weighted by molar-refractivity contribution is -0.123. The first-order valence-electron chi connectivity index (χ1n) is 6.99. The molecule has 2 heterocycles. The van der Waals surface area contributed by atoms with Gasteiger partial charge in [0.2, 0.25) is 5.91 Å². The van der Waals surface area contributed by atoms with Crippen molar-refractivity contribution in [1.29, 1.82) is 0 Å². The third-order valence-corrected chi connectivity index (χ3v) is 3.98. The second-order valence-corrected chi connectivity index (χ2v) is 6.13. The Morgan fingerprint density at radius 3 is 2.86 bits per heavy atom. The largest absolute Gasteiger partial charge is 0.375 e. The number of hydrogen-bond acceptors (Lipinski definition) is 5. The minimum atomic E-state index is -0.273. The van der Waals surface area contributed by atoms with E-state index in [0.717, 1.165) is 11.5 Å². The predicted molar refractivity (Wildman–Crippen MR) is 84.3 cm³/mol. The van der Waals surface area contributed by atoms with Gasteiger partial charge in [0.15, 0.2) is 5.13 Å². The Morgan fingerprint density at radius 2 is 2.24 bits per heavy atom. The summed E-state index contributed by atoms with van der Waals surface area (Å²) in [5, 5.41) is 5.41. The normalized spacial score (nSPS) is 12.6. The van der Waals surface area contributed by atoms with Crippen LogP contribution in [0.5, 0.6) is 0 Å². The van der Waals surface area contributed by atoms with E-state index in [4.69, 9.17) is 5.73 Å². The van der Waals surface area contributed by atoms with Crippen LogP contribution in [0.15, 0.2) is 17.8 Å². The summed E-state index contributed by atoms with van der Waals surface area (Å²) in [5.41, 5.74) is 6.49. The summed E-state index contributed by atoms with van der Waals surface area (Å²) in [4.78, 5) is 20.7. The molecule has 0 aromatic carbocycles. The Kier molecular flexibility index (Phi) is 4.95. The number of nitrogen functional groups attached to an aromatic ring is 1. The van der Waals surface area contributed by atoms with Crippen molar-refractivity contribution in [3.63, 3.8) is 0 Å². The number of nitrogens with two attached hydrogens (primary N) is 1. The zero-order chi connectivity index (χ0) is 15.4. The highest BCUT2D eigenvalue weighted by molar-refractivity contribution is 7.13.